The highest BCUT2D eigenvalue weighted by Crippen LogP contribution is 2.59. The van der Waals surface area contributed by atoms with E-state index < -0.39 is 0 Å². The highest BCUT2D eigenvalue weighted by Gasteiger charge is 2.58. The Kier molecular flexibility index (Phi) is 4.15. The molecule has 7 heteroatoms. The maximum atomic E-state index is 12.9. The molecule has 152 valence electrons. The third-order valence-electron chi connectivity index (χ3n) is 7.21. The van der Waals surface area contributed by atoms with E-state index in [0.717, 1.165) is 37.7 Å². The summed E-state index contributed by atoms with van der Waals surface area (Å²) >= 11 is 0. The number of para-hydroxylation sites is 1. The highest BCUT2D eigenvalue weighted by atomic mass is 16.5. The number of ether oxygens (including phenoxy) is 1. The average Bonchev–Trinajstić information content (AvgIpc) is 3.20. The third-order valence-corrected chi connectivity index (χ3v) is 7.21. The summed E-state index contributed by atoms with van der Waals surface area (Å²) in [5, 5.41) is 7.16. The van der Waals surface area contributed by atoms with Gasteiger partial charge in [-0.25, -0.2) is 0 Å². The van der Waals surface area contributed by atoms with Crippen LogP contribution in [-0.2, 0) is 4.79 Å². The molecule has 1 aromatic heterocycles. The van der Waals surface area contributed by atoms with E-state index in [1.807, 2.05) is 24.3 Å². The molecule has 2 unspecified atom stereocenters. The van der Waals surface area contributed by atoms with Gasteiger partial charge in [0.05, 0.1) is 12.7 Å². The lowest BCUT2D eigenvalue weighted by molar-refractivity contribution is -0.145. The molecular formula is C22H25N3O4. The fraction of sp³-hybridized carbons (Fsp3) is 0.500. The first kappa shape index (κ1) is 18.2. The quantitative estimate of drug-likeness (QED) is 0.809. The van der Waals surface area contributed by atoms with E-state index in [0.29, 0.717) is 29.3 Å². The summed E-state index contributed by atoms with van der Waals surface area (Å²) in [4.78, 5) is 25.0. The SMILES string of the molecule is COc1ccccc1-c1cc(C(=O)N[C@H]2C3CC4CC2C[C@](C(N)=O)(C4)C3)no1. The van der Waals surface area contributed by atoms with Gasteiger partial charge in [0, 0.05) is 17.5 Å². The number of carbonyl (C=O) groups is 2. The van der Waals surface area contributed by atoms with Crippen LogP contribution < -0.4 is 15.8 Å². The predicted molar refractivity (Wildman–Crippen MR) is 105 cm³/mol. The molecule has 4 fully saturated rings. The lowest BCUT2D eigenvalue weighted by Crippen LogP contribution is -2.62. The van der Waals surface area contributed by atoms with E-state index in [-0.39, 0.29) is 29.0 Å². The number of aromatic nitrogens is 1. The van der Waals surface area contributed by atoms with Crippen molar-refractivity contribution in [3.63, 3.8) is 0 Å². The first-order chi connectivity index (χ1) is 14.0. The predicted octanol–water partition coefficient (Wildman–Crippen LogP) is 2.76. The van der Waals surface area contributed by atoms with Crippen molar-refractivity contribution in [1.82, 2.24) is 10.5 Å². The van der Waals surface area contributed by atoms with Crippen molar-refractivity contribution in [1.29, 1.82) is 0 Å². The topological polar surface area (TPSA) is 107 Å². The van der Waals surface area contributed by atoms with Gasteiger partial charge in [0.25, 0.3) is 5.91 Å². The number of primary amides is 1. The van der Waals surface area contributed by atoms with Gasteiger partial charge in [-0.2, -0.15) is 0 Å². The van der Waals surface area contributed by atoms with Crippen LogP contribution in [-0.4, -0.2) is 30.1 Å². The maximum absolute atomic E-state index is 12.9. The lowest BCUT2D eigenvalue weighted by atomic mass is 9.47. The fourth-order valence-electron chi connectivity index (χ4n) is 6.14. The normalized spacial score (nSPS) is 32.2. The molecule has 29 heavy (non-hydrogen) atoms. The number of hydrogen-bond acceptors (Lipinski definition) is 5. The second-order valence-corrected chi connectivity index (χ2v) is 8.89. The van der Waals surface area contributed by atoms with Crippen molar-refractivity contribution in [3.8, 4) is 17.1 Å². The fourth-order valence-corrected chi connectivity index (χ4v) is 6.14. The van der Waals surface area contributed by atoms with Crippen molar-refractivity contribution in [2.24, 2.45) is 28.9 Å². The molecule has 2 aromatic rings. The Bertz CT molecular complexity index is 952. The molecule has 4 bridgehead atoms. The van der Waals surface area contributed by atoms with Crippen molar-refractivity contribution < 1.29 is 18.8 Å². The molecular weight excluding hydrogens is 370 g/mol. The van der Waals surface area contributed by atoms with Crippen molar-refractivity contribution in [2.75, 3.05) is 7.11 Å². The van der Waals surface area contributed by atoms with E-state index >= 15 is 0 Å². The molecule has 0 saturated heterocycles. The van der Waals surface area contributed by atoms with Gasteiger partial charge in [-0.3, -0.25) is 9.59 Å². The monoisotopic (exact) mass is 395 g/mol. The largest absolute Gasteiger partial charge is 0.496 e. The Morgan fingerprint density at radius 3 is 2.62 bits per heavy atom. The van der Waals surface area contributed by atoms with Crippen LogP contribution in [0.5, 0.6) is 5.75 Å². The van der Waals surface area contributed by atoms with Crippen molar-refractivity contribution in [2.45, 2.75) is 38.1 Å². The Balaban J connectivity index is 1.33. The average molecular weight is 395 g/mol. The molecule has 0 aliphatic heterocycles. The molecule has 4 aliphatic carbocycles. The zero-order valence-corrected chi connectivity index (χ0v) is 16.4. The van der Waals surface area contributed by atoms with Crippen LogP contribution in [0.2, 0.25) is 0 Å². The minimum Gasteiger partial charge on any atom is -0.496 e. The van der Waals surface area contributed by atoms with Crippen LogP contribution in [0.3, 0.4) is 0 Å². The summed E-state index contributed by atoms with van der Waals surface area (Å²) in [5.41, 5.74) is 6.40. The molecule has 6 rings (SSSR count). The van der Waals surface area contributed by atoms with Crippen LogP contribution in [0, 0.1) is 23.2 Å². The molecule has 0 spiro atoms. The zero-order chi connectivity index (χ0) is 20.2. The molecule has 0 radical (unpaired) electrons. The van der Waals surface area contributed by atoms with Gasteiger partial charge in [-0.15, -0.1) is 0 Å². The van der Waals surface area contributed by atoms with Gasteiger partial charge >= 0.3 is 0 Å². The number of nitrogens with one attached hydrogen (secondary N) is 1. The maximum Gasteiger partial charge on any atom is 0.273 e. The van der Waals surface area contributed by atoms with Crippen LogP contribution in [0.15, 0.2) is 34.9 Å². The number of nitrogens with two attached hydrogens (primary N) is 1. The van der Waals surface area contributed by atoms with Gasteiger partial charge in [0.1, 0.15) is 5.75 Å². The molecule has 1 heterocycles. The lowest BCUT2D eigenvalue weighted by Gasteiger charge is -2.58. The standard InChI is InChI=1S/C22H25N3O4/c1-28-17-5-3-2-4-15(17)18-8-16(25-29-18)20(26)24-19-13-6-12-7-14(19)11-22(9-12,10-13)21(23)27/h2-5,8,12-14,19H,6-7,9-11H2,1H3,(H2,23,27)(H,24,26)/t12?,13?,14?,19-,22-. The molecule has 7 nitrogen and oxygen atoms in total. The number of carbonyl (C=O) groups excluding carboxylic acids is 2. The summed E-state index contributed by atoms with van der Waals surface area (Å²) < 4.78 is 10.8. The summed E-state index contributed by atoms with van der Waals surface area (Å²) in [6.45, 7) is 0. The number of nitrogens with zero attached hydrogens (tertiary/aromatic N) is 1. The van der Waals surface area contributed by atoms with Gasteiger partial charge in [-0.05, 0) is 62.0 Å². The molecule has 3 N–H and O–H groups in total. The van der Waals surface area contributed by atoms with Gasteiger partial charge in [0.15, 0.2) is 11.5 Å². The van der Waals surface area contributed by atoms with Crippen LogP contribution in [0.25, 0.3) is 11.3 Å². The Hall–Kier alpha value is -2.83. The molecule has 2 atom stereocenters. The second-order valence-electron chi connectivity index (χ2n) is 8.89. The van der Waals surface area contributed by atoms with E-state index in [9.17, 15) is 9.59 Å². The number of benzene rings is 1. The number of rotatable bonds is 5. The van der Waals surface area contributed by atoms with Crippen molar-refractivity contribution >= 4 is 11.8 Å². The minimum atomic E-state index is -0.358. The van der Waals surface area contributed by atoms with Crippen LogP contribution >= 0.6 is 0 Å². The summed E-state index contributed by atoms with van der Waals surface area (Å²) in [7, 11) is 1.59. The molecule has 1 aromatic carbocycles. The van der Waals surface area contributed by atoms with E-state index in [1.54, 1.807) is 13.2 Å². The molecule has 4 aliphatic rings. The van der Waals surface area contributed by atoms with E-state index in [2.05, 4.69) is 10.5 Å². The number of hydrogen-bond donors (Lipinski definition) is 2. The van der Waals surface area contributed by atoms with Crippen LogP contribution in [0.4, 0.5) is 0 Å². The van der Waals surface area contributed by atoms with Gasteiger partial charge < -0.3 is 20.3 Å². The van der Waals surface area contributed by atoms with Crippen LogP contribution in [0.1, 0.15) is 42.6 Å². The summed E-state index contributed by atoms with van der Waals surface area (Å²) in [6.07, 6.45) is 4.60. The van der Waals surface area contributed by atoms with Gasteiger partial charge in [0.2, 0.25) is 5.91 Å². The van der Waals surface area contributed by atoms with E-state index in [1.165, 1.54) is 0 Å². The summed E-state index contributed by atoms with van der Waals surface area (Å²) in [5.74, 6) is 1.91. The van der Waals surface area contributed by atoms with Gasteiger partial charge in [-0.1, -0.05) is 17.3 Å². The van der Waals surface area contributed by atoms with Crippen molar-refractivity contribution in [3.05, 3.63) is 36.0 Å². The molecule has 2 amide bonds. The zero-order valence-electron chi connectivity index (χ0n) is 16.4. The Labute approximate surface area is 169 Å². The first-order valence-corrected chi connectivity index (χ1v) is 10.2. The smallest absolute Gasteiger partial charge is 0.273 e. The highest BCUT2D eigenvalue weighted by molar-refractivity contribution is 5.93. The molecule has 4 saturated carbocycles. The Morgan fingerprint density at radius 1 is 1.21 bits per heavy atom. The number of methoxy groups -OCH3 is 1. The van der Waals surface area contributed by atoms with E-state index in [4.69, 9.17) is 15.0 Å². The third kappa shape index (κ3) is 2.91. The number of amides is 2. The second kappa shape index (κ2) is 6.61. The first-order valence-electron chi connectivity index (χ1n) is 10.2. The minimum absolute atomic E-state index is 0.0675. The Morgan fingerprint density at radius 2 is 1.93 bits per heavy atom. The summed E-state index contributed by atoms with van der Waals surface area (Å²) in [6, 6.07) is 9.16.